The van der Waals surface area contributed by atoms with E-state index in [0.717, 1.165) is 16.3 Å². The average molecular weight is 237 g/mol. The highest BCUT2D eigenvalue weighted by Crippen LogP contribution is 2.32. The molecule has 2 nitrogen and oxygen atoms in total. The van der Waals surface area contributed by atoms with Crippen molar-refractivity contribution in [2.45, 2.75) is 6.29 Å². The quantitative estimate of drug-likeness (QED) is 0.755. The van der Waals surface area contributed by atoms with Crippen LogP contribution < -0.4 is 0 Å². The van der Waals surface area contributed by atoms with Gasteiger partial charge in [0.2, 0.25) is 0 Å². The van der Waals surface area contributed by atoms with Crippen molar-refractivity contribution < 1.29 is 9.47 Å². The molecule has 3 heteroatoms. The van der Waals surface area contributed by atoms with E-state index in [4.69, 9.17) is 21.1 Å². The van der Waals surface area contributed by atoms with Crippen LogP contribution in [0.2, 0.25) is 5.02 Å². The lowest BCUT2D eigenvalue weighted by Gasteiger charge is -2.16. The molecule has 84 valence electrons. The van der Waals surface area contributed by atoms with Crippen molar-refractivity contribution in [1.29, 1.82) is 0 Å². The van der Waals surface area contributed by atoms with Crippen LogP contribution in [-0.2, 0) is 9.47 Å². The largest absolute Gasteiger partial charge is 0.352 e. The second-order valence-corrected chi connectivity index (χ2v) is 3.87. The number of rotatable bonds is 3. The SMILES string of the molecule is COC(OC)c1ccc2ccccc2c1Cl. The van der Waals surface area contributed by atoms with E-state index in [-0.39, 0.29) is 0 Å². The molecule has 0 unspecified atom stereocenters. The van der Waals surface area contributed by atoms with E-state index in [2.05, 4.69) is 0 Å². The molecule has 0 aliphatic heterocycles. The summed E-state index contributed by atoms with van der Waals surface area (Å²) in [5.74, 6) is 0. The van der Waals surface area contributed by atoms with Gasteiger partial charge in [-0.2, -0.15) is 0 Å². The smallest absolute Gasteiger partial charge is 0.184 e. The first-order valence-electron chi connectivity index (χ1n) is 5.00. The molecule has 0 amide bonds. The number of hydrogen-bond donors (Lipinski definition) is 0. The minimum atomic E-state index is -0.419. The van der Waals surface area contributed by atoms with Crippen LogP contribution in [0.4, 0.5) is 0 Å². The first kappa shape index (κ1) is 11.4. The zero-order chi connectivity index (χ0) is 11.5. The highest BCUT2D eigenvalue weighted by molar-refractivity contribution is 6.36. The molecule has 2 aromatic carbocycles. The summed E-state index contributed by atoms with van der Waals surface area (Å²) >= 11 is 6.33. The van der Waals surface area contributed by atoms with Gasteiger partial charge in [0, 0.05) is 25.2 Å². The molecule has 0 radical (unpaired) electrons. The summed E-state index contributed by atoms with van der Waals surface area (Å²) < 4.78 is 10.4. The lowest BCUT2D eigenvalue weighted by atomic mass is 10.1. The van der Waals surface area contributed by atoms with Crippen molar-refractivity contribution in [2.24, 2.45) is 0 Å². The van der Waals surface area contributed by atoms with Gasteiger partial charge in [-0.25, -0.2) is 0 Å². The lowest BCUT2D eigenvalue weighted by molar-refractivity contribution is -0.105. The van der Waals surface area contributed by atoms with Crippen molar-refractivity contribution >= 4 is 22.4 Å². The van der Waals surface area contributed by atoms with E-state index in [1.54, 1.807) is 14.2 Å². The highest BCUT2D eigenvalue weighted by atomic mass is 35.5. The van der Waals surface area contributed by atoms with Crippen molar-refractivity contribution in [1.82, 2.24) is 0 Å². The molecule has 0 spiro atoms. The van der Waals surface area contributed by atoms with Gasteiger partial charge in [-0.15, -0.1) is 0 Å². The normalized spacial score (nSPS) is 11.2. The summed E-state index contributed by atoms with van der Waals surface area (Å²) in [4.78, 5) is 0. The van der Waals surface area contributed by atoms with Crippen molar-refractivity contribution in [3.63, 3.8) is 0 Å². The predicted molar refractivity (Wildman–Crippen MR) is 65.7 cm³/mol. The maximum atomic E-state index is 6.33. The van der Waals surface area contributed by atoms with Crippen LogP contribution >= 0.6 is 11.6 Å². The van der Waals surface area contributed by atoms with Crippen LogP contribution in [0.3, 0.4) is 0 Å². The third kappa shape index (κ3) is 1.92. The zero-order valence-corrected chi connectivity index (χ0v) is 9.99. The minimum Gasteiger partial charge on any atom is -0.352 e. The molecule has 0 bridgehead atoms. The van der Waals surface area contributed by atoms with E-state index < -0.39 is 6.29 Å². The molecular weight excluding hydrogens is 224 g/mol. The van der Waals surface area contributed by atoms with E-state index in [9.17, 15) is 0 Å². The Morgan fingerprint density at radius 1 is 1.00 bits per heavy atom. The average Bonchev–Trinajstić information content (AvgIpc) is 2.34. The number of ether oxygens (including phenoxy) is 2. The van der Waals surface area contributed by atoms with Gasteiger partial charge >= 0.3 is 0 Å². The van der Waals surface area contributed by atoms with Crippen molar-refractivity contribution in [3.05, 3.63) is 47.0 Å². The van der Waals surface area contributed by atoms with Crippen LogP contribution in [0.5, 0.6) is 0 Å². The molecular formula is C13H13ClO2. The Morgan fingerprint density at radius 3 is 2.38 bits per heavy atom. The topological polar surface area (TPSA) is 18.5 Å². The summed E-state index contributed by atoms with van der Waals surface area (Å²) in [5, 5.41) is 2.81. The van der Waals surface area contributed by atoms with Gasteiger partial charge in [0.05, 0.1) is 5.02 Å². The maximum Gasteiger partial charge on any atom is 0.184 e. The molecule has 0 heterocycles. The van der Waals surface area contributed by atoms with Gasteiger partial charge in [-0.1, -0.05) is 48.0 Å². The molecule has 0 atom stereocenters. The number of methoxy groups -OCH3 is 2. The first-order chi connectivity index (χ1) is 7.77. The molecule has 0 aromatic heterocycles. The van der Waals surface area contributed by atoms with Crippen LogP contribution in [0, 0.1) is 0 Å². The second kappa shape index (κ2) is 4.83. The summed E-state index contributed by atoms with van der Waals surface area (Å²) in [5.41, 5.74) is 0.852. The first-order valence-corrected chi connectivity index (χ1v) is 5.38. The molecule has 2 rings (SSSR count). The summed E-state index contributed by atoms with van der Waals surface area (Å²) in [6.45, 7) is 0. The molecule has 16 heavy (non-hydrogen) atoms. The van der Waals surface area contributed by atoms with Crippen LogP contribution in [0.15, 0.2) is 36.4 Å². The predicted octanol–water partition coefficient (Wildman–Crippen LogP) is 3.78. The summed E-state index contributed by atoms with van der Waals surface area (Å²) in [6.07, 6.45) is -0.419. The fourth-order valence-corrected chi connectivity index (χ4v) is 2.11. The standard InChI is InChI=1S/C13H13ClO2/c1-15-13(16-2)11-8-7-9-5-3-4-6-10(9)12(11)14/h3-8,13H,1-2H3. The number of fused-ring (bicyclic) bond motifs is 1. The Kier molecular flexibility index (Phi) is 3.44. The van der Waals surface area contributed by atoms with Gasteiger partial charge in [0.15, 0.2) is 6.29 Å². The maximum absolute atomic E-state index is 6.33. The molecule has 0 fully saturated rings. The molecule has 0 N–H and O–H groups in total. The Labute approximate surface area is 99.7 Å². The number of benzene rings is 2. The summed E-state index contributed by atoms with van der Waals surface area (Å²) in [6, 6.07) is 11.9. The van der Waals surface area contributed by atoms with E-state index in [1.165, 1.54) is 0 Å². The minimum absolute atomic E-state index is 0.419. The van der Waals surface area contributed by atoms with E-state index in [1.807, 2.05) is 36.4 Å². The van der Waals surface area contributed by atoms with Crippen LogP contribution in [0.1, 0.15) is 11.9 Å². The van der Waals surface area contributed by atoms with Crippen LogP contribution in [0.25, 0.3) is 10.8 Å². The van der Waals surface area contributed by atoms with E-state index in [0.29, 0.717) is 5.02 Å². The van der Waals surface area contributed by atoms with Crippen LogP contribution in [-0.4, -0.2) is 14.2 Å². The van der Waals surface area contributed by atoms with Gasteiger partial charge < -0.3 is 9.47 Å². The van der Waals surface area contributed by atoms with Gasteiger partial charge in [-0.3, -0.25) is 0 Å². The second-order valence-electron chi connectivity index (χ2n) is 3.49. The molecule has 0 aliphatic carbocycles. The highest BCUT2D eigenvalue weighted by Gasteiger charge is 2.14. The third-order valence-corrected chi connectivity index (χ3v) is 3.00. The van der Waals surface area contributed by atoms with Gasteiger partial charge in [0.25, 0.3) is 0 Å². The fraction of sp³-hybridized carbons (Fsp3) is 0.231. The zero-order valence-electron chi connectivity index (χ0n) is 9.24. The Hall–Kier alpha value is -1.09. The third-order valence-electron chi connectivity index (χ3n) is 2.58. The molecule has 0 saturated carbocycles. The molecule has 2 aromatic rings. The number of hydrogen-bond acceptors (Lipinski definition) is 2. The van der Waals surface area contributed by atoms with E-state index >= 15 is 0 Å². The van der Waals surface area contributed by atoms with Crippen molar-refractivity contribution in [2.75, 3.05) is 14.2 Å². The fourth-order valence-electron chi connectivity index (χ4n) is 1.78. The molecule has 0 saturated heterocycles. The Bertz CT molecular complexity index is 492. The number of halogens is 1. The monoisotopic (exact) mass is 236 g/mol. The lowest BCUT2D eigenvalue weighted by Crippen LogP contribution is -2.04. The van der Waals surface area contributed by atoms with Gasteiger partial charge in [0.1, 0.15) is 0 Å². The van der Waals surface area contributed by atoms with Crippen molar-refractivity contribution in [3.8, 4) is 0 Å². The Balaban J connectivity index is 2.60. The Morgan fingerprint density at radius 2 is 1.69 bits per heavy atom. The van der Waals surface area contributed by atoms with Gasteiger partial charge in [-0.05, 0) is 5.39 Å². The molecule has 0 aliphatic rings. The summed E-state index contributed by atoms with van der Waals surface area (Å²) in [7, 11) is 3.19.